The summed E-state index contributed by atoms with van der Waals surface area (Å²) in [5.41, 5.74) is 0.620. The minimum atomic E-state index is -0.461. The first-order valence-corrected chi connectivity index (χ1v) is 7.51. The van der Waals surface area contributed by atoms with E-state index in [9.17, 15) is 14.9 Å². The molecule has 1 heterocycles. The molecule has 1 aliphatic heterocycles. The fourth-order valence-electron chi connectivity index (χ4n) is 2.56. The van der Waals surface area contributed by atoms with Gasteiger partial charge in [-0.15, -0.1) is 0 Å². The molecule has 1 N–H and O–H groups in total. The average molecular weight is 322 g/mol. The number of hydrogen-bond donors (Lipinski definition) is 1. The van der Waals surface area contributed by atoms with Crippen LogP contribution in [0, 0.1) is 10.1 Å². The van der Waals surface area contributed by atoms with Crippen LogP contribution in [0.25, 0.3) is 0 Å². The van der Waals surface area contributed by atoms with Crippen molar-refractivity contribution < 1.29 is 14.5 Å². The Labute approximate surface area is 135 Å². The van der Waals surface area contributed by atoms with E-state index in [1.54, 1.807) is 26.3 Å². The van der Waals surface area contributed by atoms with Crippen LogP contribution in [-0.2, 0) is 4.74 Å². The standard InChI is InChI=1S/C15H22N4O4/c1-17(13-3-5-14(6-4-13)19(21)22)15(20)16-12-7-8-18(11-12)9-10-23-2/h3-6,12H,7-11H2,1-2H3,(H,16,20)/t12-/m1/s1. The van der Waals surface area contributed by atoms with Gasteiger partial charge in [0.2, 0.25) is 0 Å². The summed E-state index contributed by atoms with van der Waals surface area (Å²) in [7, 11) is 3.32. The number of nitrogens with zero attached hydrogens (tertiary/aromatic N) is 3. The van der Waals surface area contributed by atoms with Crippen molar-refractivity contribution in [1.82, 2.24) is 10.2 Å². The van der Waals surface area contributed by atoms with Crippen LogP contribution in [0.3, 0.4) is 0 Å². The van der Waals surface area contributed by atoms with Gasteiger partial charge in [0, 0.05) is 57.7 Å². The summed E-state index contributed by atoms with van der Waals surface area (Å²) in [6, 6.07) is 5.81. The van der Waals surface area contributed by atoms with Crippen LogP contribution < -0.4 is 10.2 Å². The van der Waals surface area contributed by atoms with Crippen LogP contribution in [0.1, 0.15) is 6.42 Å². The highest BCUT2D eigenvalue weighted by Crippen LogP contribution is 2.18. The van der Waals surface area contributed by atoms with Gasteiger partial charge < -0.3 is 10.1 Å². The molecule has 0 spiro atoms. The van der Waals surface area contributed by atoms with Gasteiger partial charge in [-0.3, -0.25) is 19.9 Å². The van der Waals surface area contributed by atoms with Crippen LogP contribution in [0.5, 0.6) is 0 Å². The highest BCUT2D eigenvalue weighted by Gasteiger charge is 2.24. The van der Waals surface area contributed by atoms with Crippen LogP contribution in [0.15, 0.2) is 24.3 Å². The van der Waals surface area contributed by atoms with Crippen LogP contribution in [0.4, 0.5) is 16.2 Å². The molecular formula is C15H22N4O4. The summed E-state index contributed by atoms with van der Waals surface area (Å²) in [6.45, 7) is 3.29. The number of benzene rings is 1. The lowest BCUT2D eigenvalue weighted by molar-refractivity contribution is -0.384. The van der Waals surface area contributed by atoms with E-state index in [0.29, 0.717) is 12.3 Å². The van der Waals surface area contributed by atoms with E-state index < -0.39 is 4.92 Å². The molecular weight excluding hydrogens is 300 g/mol. The van der Waals surface area contributed by atoms with Gasteiger partial charge in [-0.2, -0.15) is 0 Å². The van der Waals surface area contributed by atoms with Gasteiger partial charge in [0.05, 0.1) is 11.5 Å². The molecule has 8 nitrogen and oxygen atoms in total. The molecule has 0 aromatic heterocycles. The molecule has 1 aromatic carbocycles. The van der Waals surface area contributed by atoms with Gasteiger partial charge in [0.1, 0.15) is 0 Å². The van der Waals surface area contributed by atoms with E-state index >= 15 is 0 Å². The fourth-order valence-corrected chi connectivity index (χ4v) is 2.56. The molecule has 23 heavy (non-hydrogen) atoms. The predicted molar refractivity (Wildman–Crippen MR) is 86.8 cm³/mol. The molecule has 0 bridgehead atoms. The van der Waals surface area contributed by atoms with E-state index in [-0.39, 0.29) is 17.8 Å². The Bertz CT molecular complexity index is 549. The van der Waals surface area contributed by atoms with Crippen molar-refractivity contribution in [3.05, 3.63) is 34.4 Å². The predicted octanol–water partition coefficient (Wildman–Crippen LogP) is 1.46. The summed E-state index contributed by atoms with van der Waals surface area (Å²) >= 11 is 0. The lowest BCUT2D eigenvalue weighted by Crippen LogP contribution is -2.44. The molecule has 0 unspecified atom stereocenters. The molecule has 1 aromatic rings. The number of methoxy groups -OCH3 is 1. The average Bonchev–Trinajstić information content (AvgIpc) is 2.99. The van der Waals surface area contributed by atoms with Crippen LogP contribution >= 0.6 is 0 Å². The molecule has 2 rings (SSSR count). The summed E-state index contributed by atoms with van der Waals surface area (Å²) in [5.74, 6) is 0. The maximum atomic E-state index is 12.3. The largest absolute Gasteiger partial charge is 0.383 e. The number of nitro groups is 1. The second-order valence-electron chi connectivity index (χ2n) is 5.56. The van der Waals surface area contributed by atoms with Crippen molar-refractivity contribution in [3.63, 3.8) is 0 Å². The van der Waals surface area contributed by atoms with E-state index in [2.05, 4.69) is 10.2 Å². The number of amides is 2. The third kappa shape index (κ3) is 4.64. The van der Waals surface area contributed by atoms with Gasteiger partial charge in [0.15, 0.2) is 0 Å². The minimum absolute atomic E-state index is 0.00661. The number of anilines is 1. The highest BCUT2D eigenvalue weighted by atomic mass is 16.6. The number of carbonyl (C=O) groups excluding carboxylic acids is 1. The van der Waals surface area contributed by atoms with Crippen molar-refractivity contribution in [3.8, 4) is 0 Å². The molecule has 0 saturated carbocycles. The number of carbonyl (C=O) groups is 1. The fraction of sp³-hybridized carbons (Fsp3) is 0.533. The Hall–Kier alpha value is -2.19. The van der Waals surface area contributed by atoms with Gasteiger partial charge in [-0.25, -0.2) is 4.79 Å². The van der Waals surface area contributed by atoms with Crippen LogP contribution in [-0.4, -0.2) is 62.3 Å². The normalized spacial score (nSPS) is 17.9. The number of ether oxygens (including phenoxy) is 1. The SMILES string of the molecule is COCCN1CC[C@@H](NC(=O)N(C)c2ccc([N+](=O)[O-])cc2)C1. The number of non-ortho nitro benzene ring substituents is 1. The molecule has 0 aliphatic carbocycles. The lowest BCUT2D eigenvalue weighted by atomic mass is 10.2. The van der Waals surface area contributed by atoms with Crippen molar-refractivity contribution in [2.45, 2.75) is 12.5 Å². The number of nitrogens with one attached hydrogen (secondary N) is 1. The Morgan fingerprint density at radius 3 is 2.78 bits per heavy atom. The summed E-state index contributed by atoms with van der Waals surface area (Å²) in [6.07, 6.45) is 0.906. The number of likely N-dealkylation sites (tertiary alicyclic amines) is 1. The van der Waals surface area contributed by atoms with Crippen molar-refractivity contribution in [1.29, 1.82) is 0 Å². The number of urea groups is 1. The first-order chi connectivity index (χ1) is 11.0. The first-order valence-electron chi connectivity index (χ1n) is 7.51. The first kappa shape index (κ1) is 17.2. The Morgan fingerprint density at radius 1 is 1.48 bits per heavy atom. The lowest BCUT2D eigenvalue weighted by Gasteiger charge is -2.21. The molecule has 8 heteroatoms. The van der Waals surface area contributed by atoms with Crippen molar-refractivity contribution in [2.75, 3.05) is 45.3 Å². The monoisotopic (exact) mass is 322 g/mol. The Morgan fingerprint density at radius 2 is 2.17 bits per heavy atom. The third-order valence-corrected chi connectivity index (χ3v) is 3.96. The molecule has 1 saturated heterocycles. The quantitative estimate of drug-likeness (QED) is 0.633. The van der Waals surface area contributed by atoms with Crippen molar-refractivity contribution in [2.24, 2.45) is 0 Å². The summed E-state index contributed by atoms with van der Waals surface area (Å²) in [4.78, 5) is 26.2. The number of rotatable bonds is 6. The maximum Gasteiger partial charge on any atom is 0.321 e. The smallest absolute Gasteiger partial charge is 0.321 e. The van der Waals surface area contributed by atoms with E-state index in [4.69, 9.17) is 4.74 Å². The second kappa shape index (κ2) is 7.89. The second-order valence-corrected chi connectivity index (χ2v) is 5.56. The molecule has 1 fully saturated rings. The molecule has 1 aliphatic rings. The van der Waals surface area contributed by atoms with E-state index in [0.717, 1.165) is 26.1 Å². The third-order valence-electron chi connectivity index (χ3n) is 3.96. The van der Waals surface area contributed by atoms with Gasteiger partial charge in [-0.1, -0.05) is 0 Å². The summed E-state index contributed by atoms with van der Waals surface area (Å²) < 4.78 is 5.06. The van der Waals surface area contributed by atoms with Crippen molar-refractivity contribution >= 4 is 17.4 Å². The van der Waals surface area contributed by atoms with Gasteiger partial charge in [0.25, 0.3) is 5.69 Å². The van der Waals surface area contributed by atoms with Gasteiger partial charge >= 0.3 is 6.03 Å². The zero-order chi connectivity index (χ0) is 16.8. The molecule has 126 valence electrons. The van der Waals surface area contributed by atoms with Gasteiger partial charge in [-0.05, 0) is 18.6 Å². The summed E-state index contributed by atoms with van der Waals surface area (Å²) in [5, 5.41) is 13.6. The zero-order valence-corrected chi connectivity index (χ0v) is 13.4. The topological polar surface area (TPSA) is 88.0 Å². The zero-order valence-electron chi connectivity index (χ0n) is 13.4. The minimum Gasteiger partial charge on any atom is -0.383 e. The highest BCUT2D eigenvalue weighted by molar-refractivity contribution is 5.91. The maximum absolute atomic E-state index is 12.3. The number of nitro benzene ring substituents is 1. The van der Waals surface area contributed by atoms with E-state index in [1.165, 1.54) is 17.0 Å². The Balaban J connectivity index is 1.86. The molecule has 0 radical (unpaired) electrons. The number of hydrogen-bond acceptors (Lipinski definition) is 5. The molecule has 1 atom stereocenters. The van der Waals surface area contributed by atoms with Crippen LogP contribution in [0.2, 0.25) is 0 Å². The Kier molecular flexibility index (Phi) is 5.89. The molecule has 2 amide bonds. The van der Waals surface area contributed by atoms with E-state index in [1.807, 2.05) is 0 Å².